The number of nitrogens with zero attached hydrogens (tertiary/aromatic N) is 4. The molecule has 1 amide bonds. The van der Waals surface area contributed by atoms with E-state index < -0.39 is 0 Å². The van der Waals surface area contributed by atoms with Crippen LogP contribution in [-0.4, -0.2) is 30.6 Å². The van der Waals surface area contributed by atoms with Crippen molar-refractivity contribution >= 4 is 44.3 Å². The summed E-state index contributed by atoms with van der Waals surface area (Å²) in [5, 5.41) is 11.8. The van der Waals surface area contributed by atoms with Crippen molar-refractivity contribution in [3.63, 3.8) is 0 Å². The van der Waals surface area contributed by atoms with E-state index >= 15 is 0 Å². The largest absolute Gasteiger partial charge is 0.358 e. The zero-order valence-electron chi connectivity index (χ0n) is 18.3. The SMILES string of the molecule is Cc1[nH]c2ccccc2c1-c1csc(NC(=O)c2cnc3c(cnn3Cc3ccccc3)c2)n1. The zero-order valence-corrected chi connectivity index (χ0v) is 19.1. The van der Waals surface area contributed by atoms with Gasteiger partial charge in [-0.2, -0.15) is 5.10 Å². The van der Waals surface area contributed by atoms with Gasteiger partial charge in [0.15, 0.2) is 10.8 Å². The number of hydrogen-bond donors (Lipinski definition) is 2. The van der Waals surface area contributed by atoms with Gasteiger partial charge >= 0.3 is 0 Å². The Labute approximate surface area is 199 Å². The van der Waals surface area contributed by atoms with Gasteiger partial charge in [-0.3, -0.25) is 10.1 Å². The van der Waals surface area contributed by atoms with Crippen molar-refractivity contribution in [1.29, 1.82) is 0 Å². The molecule has 34 heavy (non-hydrogen) atoms. The minimum Gasteiger partial charge on any atom is -0.358 e. The third-order valence-electron chi connectivity index (χ3n) is 5.79. The molecule has 0 saturated heterocycles. The number of fused-ring (bicyclic) bond motifs is 2. The van der Waals surface area contributed by atoms with Gasteiger partial charge < -0.3 is 4.98 Å². The molecule has 0 fully saturated rings. The molecule has 0 spiro atoms. The number of thiazole rings is 1. The predicted molar refractivity (Wildman–Crippen MR) is 135 cm³/mol. The fourth-order valence-corrected chi connectivity index (χ4v) is 4.89. The molecule has 0 bridgehead atoms. The molecule has 0 atom stereocenters. The highest BCUT2D eigenvalue weighted by atomic mass is 32.1. The lowest BCUT2D eigenvalue weighted by molar-refractivity contribution is 0.102. The lowest BCUT2D eigenvalue weighted by Gasteiger charge is -2.04. The highest BCUT2D eigenvalue weighted by molar-refractivity contribution is 7.14. The Morgan fingerprint density at radius 1 is 1.09 bits per heavy atom. The van der Waals surface area contributed by atoms with Crippen molar-refractivity contribution in [3.05, 3.63) is 95.3 Å². The predicted octanol–water partition coefficient (Wildman–Crippen LogP) is 5.65. The molecule has 7 nitrogen and oxygen atoms in total. The van der Waals surface area contributed by atoms with E-state index in [-0.39, 0.29) is 5.91 Å². The first-order chi connectivity index (χ1) is 16.7. The second-order valence-corrected chi connectivity index (χ2v) is 8.95. The van der Waals surface area contributed by atoms with Gasteiger partial charge in [0.2, 0.25) is 0 Å². The number of carbonyl (C=O) groups excluding carboxylic acids is 1. The zero-order chi connectivity index (χ0) is 23.1. The Morgan fingerprint density at radius 3 is 2.79 bits per heavy atom. The van der Waals surface area contributed by atoms with Crippen molar-refractivity contribution in [2.24, 2.45) is 0 Å². The number of pyridine rings is 1. The minimum atomic E-state index is -0.248. The standard InChI is InChI=1S/C26H20N6OS/c1-16-23(20-9-5-6-10-21(20)29-16)22-15-34-26(30-22)31-25(33)19-11-18-13-28-32(24(18)27-12-19)14-17-7-3-2-4-8-17/h2-13,15,29H,14H2,1H3,(H,30,31,33). The first-order valence-corrected chi connectivity index (χ1v) is 11.7. The average molecular weight is 465 g/mol. The van der Waals surface area contributed by atoms with E-state index in [1.165, 1.54) is 11.3 Å². The number of hydrogen-bond acceptors (Lipinski definition) is 5. The maximum absolute atomic E-state index is 12.9. The number of anilines is 1. The fourth-order valence-electron chi connectivity index (χ4n) is 4.19. The Morgan fingerprint density at radius 2 is 1.91 bits per heavy atom. The van der Waals surface area contributed by atoms with Crippen LogP contribution in [0, 0.1) is 6.92 Å². The highest BCUT2D eigenvalue weighted by Gasteiger charge is 2.16. The van der Waals surface area contributed by atoms with Crippen LogP contribution >= 0.6 is 11.3 Å². The molecule has 0 unspecified atom stereocenters. The van der Waals surface area contributed by atoms with E-state index in [2.05, 4.69) is 43.6 Å². The van der Waals surface area contributed by atoms with Crippen LogP contribution in [0.2, 0.25) is 0 Å². The lowest BCUT2D eigenvalue weighted by atomic mass is 10.1. The Hall–Kier alpha value is -4.30. The van der Waals surface area contributed by atoms with E-state index in [0.29, 0.717) is 17.2 Å². The van der Waals surface area contributed by atoms with Crippen molar-refractivity contribution in [1.82, 2.24) is 24.7 Å². The van der Waals surface area contributed by atoms with Crippen LogP contribution in [0.5, 0.6) is 0 Å². The van der Waals surface area contributed by atoms with Crippen LogP contribution < -0.4 is 5.32 Å². The quantitative estimate of drug-likeness (QED) is 0.345. The minimum absolute atomic E-state index is 0.248. The molecule has 2 aromatic carbocycles. The number of rotatable bonds is 5. The number of benzene rings is 2. The number of nitrogens with one attached hydrogen (secondary N) is 2. The van der Waals surface area contributed by atoms with Gasteiger partial charge in [-0.05, 0) is 24.6 Å². The lowest BCUT2D eigenvalue weighted by Crippen LogP contribution is -2.12. The number of aromatic nitrogens is 5. The Balaban J connectivity index is 1.23. The molecular weight excluding hydrogens is 444 g/mol. The van der Waals surface area contributed by atoms with Crippen molar-refractivity contribution in [2.75, 3.05) is 5.32 Å². The second kappa shape index (κ2) is 8.24. The average Bonchev–Trinajstić information content (AvgIpc) is 3.56. The first kappa shape index (κ1) is 20.3. The molecule has 0 aliphatic rings. The highest BCUT2D eigenvalue weighted by Crippen LogP contribution is 2.34. The van der Waals surface area contributed by atoms with E-state index in [4.69, 9.17) is 0 Å². The summed E-state index contributed by atoms with van der Waals surface area (Å²) >= 11 is 1.40. The van der Waals surface area contributed by atoms with E-state index in [1.54, 1.807) is 12.4 Å². The summed E-state index contributed by atoms with van der Waals surface area (Å²) in [7, 11) is 0. The van der Waals surface area contributed by atoms with Gasteiger partial charge in [0.05, 0.1) is 24.0 Å². The van der Waals surface area contributed by atoms with Gasteiger partial charge in [-0.1, -0.05) is 48.5 Å². The third-order valence-corrected chi connectivity index (χ3v) is 6.55. The maximum atomic E-state index is 12.9. The number of amides is 1. The molecule has 4 aromatic heterocycles. The van der Waals surface area contributed by atoms with E-state index in [1.807, 2.05) is 59.5 Å². The molecule has 6 aromatic rings. The van der Waals surface area contributed by atoms with Gasteiger partial charge in [-0.25, -0.2) is 14.6 Å². The Kier molecular flexibility index (Phi) is 4.92. The molecule has 4 heterocycles. The second-order valence-electron chi connectivity index (χ2n) is 8.09. The summed E-state index contributed by atoms with van der Waals surface area (Å²) in [5.41, 5.74) is 6.36. The van der Waals surface area contributed by atoms with Crippen LogP contribution in [0.25, 0.3) is 33.2 Å². The smallest absolute Gasteiger partial charge is 0.259 e. The third kappa shape index (κ3) is 3.64. The van der Waals surface area contributed by atoms with E-state index in [9.17, 15) is 4.79 Å². The summed E-state index contributed by atoms with van der Waals surface area (Å²) in [5.74, 6) is -0.248. The molecular formula is C26H20N6OS. The van der Waals surface area contributed by atoms with Gasteiger partial charge in [0, 0.05) is 39.1 Å². The molecule has 0 saturated carbocycles. The summed E-state index contributed by atoms with van der Waals surface area (Å²) in [6, 6.07) is 20.0. The van der Waals surface area contributed by atoms with Crippen LogP contribution in [0.1, 0.15) is 21.6 Å². The molecule has 0 radical (unpaired) electrons. The van der Waals surface area contributed by atoms with Crippen molar-refractivity contribution in [3.8, 4) is 11.3 Å². The molecule has 6 rings (SSSR count). The van der Waals surface area contributed by atoms with Gasteiger partial charge in [-0.15, -0.1) is 11.3 Å². The first-order valence-electron chi connectivity index (χ1n) is 10.9. The normalized spacial score (nSPS) is 11.3. The maximum Gasteiger partial charge on any atom is 0.259 e. The monoisotopic (exact) mass is 464 g/mol. The molecule has 166 valence electrons. The van der Waals surface area contributed by atoms with Crippen LogP contribution in [0.15, 0.2) is 78.4 Å². The molecule has 0 aliphatic heterocycles. The van der Waals surface area contributed by atoms with Gasteiger partial charge in [0.1, 0.15) is 0 Å². The summed E-state index contributed by atoms with van der Waals surface area (Å²) in [6.45, 7) is 2.66. The number of aryl methyl sites for hydroxylation is 1. The molecule has 8 heteroatoms. The summed E-state index contributed by atoms with van der Waals surface area (Å²) in [6.07, 6.45) is 3.32. The van der Waals surface area contributed by atoms with Gasteiger partial charge in [0.25, 0.3) is 5.91 Å². The number of para-hydroxylation sites is 1. The summed E-state index contributed by atoms with van der Waals surface area (Å²) in [4.78, 5) is 25.5. The van der Waals surface area contributed by atoms with E-state index in [0.717, 1.165) is 44.5 Å². The molecule has 2 N–H and O–H groups in total. The number of H-pyrrole nitrogens is 1. The number of aromatic amines is 1. The van der Waals surface area contributed by atoms with Crippen LogP contribution in [-0.2, 0) is 6.54 Å². The van der Waals surface area contributed by atoms with Crippen molar-refractivity contribution < 1.29 is 4.79 Å². The summed E-state index contributed by atoms with van der Waals surface area (Å²) < 4.78 is 1.84. The van der Waals surface area contributed by atoms with Crippen LogP contribution in [0.4, 0.5) is 5.13 Å². The molecule has 0 aliphatic carbocycles. The number of carbonyl (C=O) groups is 1. The topological polar surface area (TPSA) is 88.5 Å². The van der Waals surface area contributed by atoms with Crippen LogP contribution in [0.3, 0.4) is 0 Å². The Bertz CT molecular complexity index is 1650. The fraction of sp³-hybridized carbons (Fsp3) is 0.0769. The van der Waals surface area contributed by atoms with Crippen molar-refractivity contribution in [2.45, 2.75) is 13.5 Å².